The summed E-state index contributed by atoms with van der Waals surface area (Å²) < 4.78 is 1.73. The molecular weight excluding hydrogens is 356 g/mol. The molecule has 1 atom stereocenters. The van der Waals surface area contributed by atoms with Gasteiger partial charge in [0, 0.05) is 12.2 Å². The molecule has 2 N–H and O–H groups in total. The van der Waals surface area contributed by atoms with Gasteiger partial charge in [0.15, 0.2) is 6.04 Å². The standard InChI is InChI=1S/C22H26N2O4/c1-2-3-13-24-18-12-8-7-11-16(18)14-17(21(24)26)20(25)23-19(22(27)28)15-9-5-4-6-10-15/h4-6,9-10,14,19H,2-3,7-8,11-13H2,1H3,(H,23,25)(H,27,28)/t19-/m0/s1. The summed E-state index contributed by atoms with van der Waals surface area (Å²) in [7, 11) is 0. The van der Waals surface area contributed by atoms with Gasteiger partial charge >= 0.3 is 5.97 Å². The topological polar surface area (TPSA) is 88.4 Å². The van der Waals surface area contributed by atoms with Crippen LogP contribution >= 0.6 is 0 Å². The number of aliphatic carboxylic acids is 1. The highest BCUT2D eigenvalue weighted by Crippen LogP contribution is 2.22. The van der Waals surface area contributed by atoms with E-state index in [2.05, 4.69) is 12.2 Å². The second-order valence-corrected chi connectivity index (χ2v) is 7.20. The smallest absolute Gasteiger partial charge is 0.330 e. The lowest BCUT2D eigenvalue weighted by Gasteiger charge is -2.23. The van der Waals surface area contributed by atoms with Crippen LogP contribution < -0.4 is 10.9 Å². The maximum Gasteiger partial charge on any atom is 0.330 e. The molecule has 0 unspecified atom stereocenters. The van der Waals surface area contributed by atoms with E-state index in [0.29, 0.717) is 12.1 Å². The summed E-state index contributed by atoms with van der Waals surface area (Å²) >= 11 is 0. The third kappa shape index (κ3) is 4.16. The van der Waals surface area contributed by atoms with Gasteiger partial charge in [-0.3, -0.25) is 9.59 Å². The molecule has 1 aromatic carbocycles. The summed E-state index contributed by atoms with van der Waals surface area (Å²) in [5.74, 6) is -1.80. The summed E-state index contributed by atoms with van der Waals surface area (Å²) in [6.07, 6.45) is 5.56. The van der Waals surface area contributed by atoms with E-state index >= 15 is 0 Å². The van der Waals surface area contributed by atoms with Gasteiger partial charge in [-0.05, 0) is 49.3 Å². The number of hydrogen-bond acceptors (Lipinski definition) is 3. The van der Waals surface area contributed by atoms with Crippen molar-refractivity contribution in [1.82, 2.24) is 9.88 Å². The van der Waals surface area contributed by atoms with Crippen molar-refractivity contribution in [3.8, 4) is 0 Å². The number of carbonyl (C=O) groups excluding carboxylic acids is 1. The highest BCUT2D eigenvalue weighted by Gasteiger charge is 2.26. The third-order valence-corrected chi connectivity index (χ3v) is 5.24. The summed E-state index contributed by atoms with van der Waals surface area (Å²) in [6, 6.07) is 8.96. The third-order valence-electron chi connectivity index (χ3n) is 5.24. The molecule has 1 amide bonds. The molecule has 6 nitrogen and oxygen atoms in total. The van der Waals surface area contributed by atoms with Crippen LogP contribution in [0.2, 0.25) is 0 Å². The molecule has 1 aliphatic carbocycles. The number of benzene rings is 1. The molecule has 0 radical (unpaired) electrons. The van der Waals surface area contributed by atoms with Gasteiger partial charge in [0.25, 0.3) is 11.5 Å². The first-order valence-electron chi connectivity index (χ1n) is 9.87. The summed E-state index contributed by atoms with van der Waals surface area (Å²) in [5, 5.41) is 12.1. The van der Waals surface area contributed by atoms with E-state index in [9.17, 15) is 19.5 Å². The first-order valence-corrected chi connectivity index (χ1v) is 9.87. The molecule has 148 valence electrons. The van der Waals surface area contributed by atoms with Crippen LogP contribution in [0, 0.1) is 0 Å². The Morgan fingerprint density at radius 1 is 1.18 bits per heavy atom. The van der Waals surface area contributed by atoms with Crippen molar-refractivity contribution < 1.29 is 14.7 Å². The number of carboxylic acids is 1. The zero-order valence-electron chi connectivity index (χ0n) is 16.1. The quantitative estimate of drug-likeness (QED) is 0.770. The van der Waals surface area contributed by atoms with Crippen LogP contribution in [0.15, 0.2) is 41.2 Å². The van der Waals surface area contributed by atoms with E-state index in [0.717, 1.165) is 49.8 Å². The minimum atomic E-state index is -1.20. The lowest BCUT2D eigenvalue weighted by Crippen LogP contribution is -2.39. The number of nitrogens with zero attached hydrogens (tertiary/aromatic N) is 1. The van der Waals surface area contributed by atoms with E-state index in [1.165, 1.54) is 0 Å². The summed E-state index contributed by atoms with van der Waals surface area (Å²) in [5.41, 5.74) is 2.22. The van der Waals surface area contributed by atoms with Crippen molar-refractivity contribution in [2.45, 2.75) is 58.0 Å². The number of unbranched alkanes of at least 4 members (excludes halogenated alkanes) is 1. The molecule has 1 heterocycles. The van der Waals surface area contributed by atoms with Gasteiger partial charge in [-0.25, -0.2) is 4.79 Å². The highest BCUT2D eigenvalue weighted by molar-refractivity contribution is 5.96. The van der Waals surface area contributed by atoms with E-state index in [4.69, 9.17) is 0 Å². The lowest BCUT2D eigenvalue weighted by atomic mass is 9.94. The molecule has 0 aliphatic heterocycles. The van der Waals surface area contributed by atoms with Crippen molar-refractivity contribution in [3.05, 3.63) is 69.1 Å². The number of rotatable bonds is 7. The Kier molecular flexibility index (Phi) is 6.29. The number of nitrogens with one attached hydrogen (secondary N) is 1. The largest absolute Gasteiger partial charge is 0.479 e. The van der Waals surface area contributed by atoms with Crippen LogP contribution in [0.3, 0.4) is 0 Å². The van der Waals surface area contributed by atoms with Gasteiger partial charge in [-0.1, -0.05) is 43.7 Å². The maximum atomic E-state index is 13.0. The van der Waals surface area contributed by atoms with Crippen molar-refractivity contribution >= 4 is 11.9 Å². The number of carboxylic acid groups (broad SMARTS) is 1. The Hall–Kier alpha value is -2.89. The molecule has 0 spiro atoms. The van der Waals surface area contributed by atoms with Crippen LogP contribution in [0.4, 0.5) is 0 Å². The molecule has 28 heavy (non-hydrogen) atoms. The fourth-order valence-electron chi connectivity index (χ4n) is 3.74. The highest BCUT2D eigenvalue weighted by atomic mass is 16.4. The molecule has 6 heteroatoms. The molecule has 0 fully saturated rings. The van der Waals surface area contributed by atoms with Gasteiger partial charge in [0.05, 0.1) is 0 Å². The SMILES string of the molecule is CCCCn1c2c(cc(C(=O)N[C@H](C(=O)O)c3ccccc3)c1=O)CCCC2. The van der Waals surface area contributed by atoms with Gasteiger partial charge < -0.3 is 15.0 Å². The van der Waals surface area contributed by atoms with E-state index in [1.54, 1.807) is 41.0 Å². The second-order valence-electron chi connectivity index (χ2n) is 7.20. The number of aromatic nitrogens is 1. The Labute approximate surface area is 164 Å². The number of aryl methyl sites for hydroxylation is 1. The predicted octanol–water partition coefficient (Wildman–Crippen LogP) is 3.08. The minimum Gasteiger partial charge on any atom is -0.479 e. The second kappa shape index (κ2) is 8.87. The van der Waals surface area contributed by atoms with Gasteiger partial charge in [-0.15, -0.1) is 0 Å². The number of fused-ring (bicyclic) bond motifs is 1. The molecular formula is C22H26N2O4. The fourth-order valence-corrected chi connectivity index (χ4v) is 3.74. The zero-order chi connectivity index (χ0) is 20.1. The van der Waals surface area contributed by atoms with Crippen LogP contribution in [0.1, 0.15) is 65.8 Å². The van der Waals surface area contributed by atoms with Crippen molar-refractivity contribution in [2.24, 2.45) is 0 Å². The van der Waals surface area contributed by atoms with E-state index < -0.39 is 17.9 Å². The molecule has 3 rings (SSSR count). The van der Waals surface area contributed by atoms with Crippen molar-refractivity contribution in [2.75, 3.05) is 0 Å². The lowest BCUT2D eigenvalue weighted by molar-refractivity contribution is -0.139. The van der Waals surface area contributed by atoms with Gasteiger partial charge in [0.2, 0.25) is 0 Å². The van der Waals surface area contributed by atoms with Crippen LogP contribution in [-0.4, -0.2) is 21.6 Å². The Morgan fingerprint density at radius 2 is 1.89 bits per heavy atom. The number of pyridine rings is 1. The van der Waals surface area contributed by atoms with Gasteiger partial charge in [-0.2, -0.15) is 0 Å². The Bertz CT molecular complexity index is 918. The van der Waals surface area contributed by atoms with Crippen LogP contribution in [0.25, 0.3) is 0 Å². The average molecular weight is 382 g/mol. The molecule has 0 bridgehead atoms. The molecule has 0 saturated carbocycles. The molecule has 1 aliphatic rings. The predicted molar refractivity (Wildman–Crippen MR) is 107 cm³/mol. The Morgan fingerprint density at radius 3 is 2.57 bits per heavy atom. The first-order chi connectivity index (χ1) is 13.5. The molecule has 1 aromatic heterocycles. The minimum absolute atomic E-state index is 0.0268. The maximum absolute atomic E-state index is 13.0. The van der Waals surface area contributed by atoms with Crippen molar-refractivity contribution in [1.29, 1.82) is 0 Å². The Balaban J connectivity index is 1.96. The van der Waals surface area contributed by atoms with E-state index in [1.807, 2.05) is 0 Å². The van der Waals surface area contributed by atoms with E-state index in [-0.39, 0.29) is 11.1 Å². The van der Waals surface area contributed by atoms with Crippen LogP contribution in [-0.2, 0) is 24.2 Å². The number of amides is 1. The molecule has 0 saturated heterocycles. The van der Waals surface area contributed by atoms with Crippen molar-refractivity contribution in [3.63, 3.8) is 0 Å². The zero-order valence-corrected chi connectivity index (χ0v) is 16.1. The normalized spacial score (nSPS) is 14.2. The summed E-state index contributed by atoms with van der Waals surface area (Å²) in [6.45, 7) is 2.64. The average Bonchev–Trinajstić information content (AvgIpc) is 2.71. The monoisotopic (exact) mass is 382 g/mol. The molecule has 2 aromatic rings. The number of carbonyl (C=O) groups is 2. The fraction of sp³-hybridized carbons (Fsp3) is 0.409. The summed E-state index contributed by atoms with van der Waals surface area (Å²) in [4.78, 5) is 37.6. The number of hydrogen-bond donors (Lipinski definition) is 2. The first kappa shape index (κ1) is 19.9. The van der Waals surface area contributed by atoms with Gasteiger partial charge in [0.1, 0.15) is 5.56 Å². The van der Waals surface area contributed by atoms with Crippen LogP contribution in [0.5, 0.6) is 0 Å².